The molecule has 0 unspecified atom stereocenters. The number of aromatic nitrogens is 3. The van der Waals surface area contributed by atoms with Crippen LogP contribution in [0, 0.1) is 27.7 Å². The molecule has 0 atom stereocenters. The van der Waals surface area contributed by atoms with E-state index in [9.17, 15) is 14.7 Å². The molecule has 0 fully saturated rings. The fraction of sp³-hybridized carbons (Fsp3) is 0.286. The van der Waals surface area contributed by atoms with Crippen molar-refractivity contribution in [3.05, 3.63) is 97.9 Å². The Kier molecular flexibility index (Phi) is 8.14. The van der Waals surface area contributed by atoms with Crippen molar-refractivity contribution in [1.29, 1.82) is 0 Å². The predicted molar refractivity (Wildman–Crippen MR) is 178 cm³/mol. The molecule has 45 heavy (non-hydrogen) atoms. The Hall–Kier alpha value is -4.27. The minimum Gasteiger partial charge on any atom is -0.494 e. The fourth-order valence-corrected chi connectivity index (χ4v) is 6.85. The van der Waals surface area contributed by atoms with E-state index in [-0.39, 0.29) is 11.5 Å². The smallest absolute Gasteiger partial charge is 0.335 e. The Morgan fingerprint density at radius 1 is 1.00 bits per heavy atom. The van der Waals surface area contributed by atoms with Gasteiger partial charge in [0.15, 0.2) is 0 Å². The molecule has 6 rings (SSSR count). The van der Waals surface area contributed by atoms with E-state index < -0.39 is 5.97 Å². The molecule has 5 aromatic rings. The maximum absolute atomic E-state index is 14.4. The van der Waals surface area contributed by atoms with Gasteiger partial charge in [0.25, 0.3) is 5.91 Å². The Labute approximate surface area is 271 Å². The van der Waals surface area contributed by atoms with Crippen molar-refractivity contribution in [2.75, 3.05) is 18.1 Å². The Morgan fingerprint density at radius 2 is 1.73 bits per heavy atom. The van der Waals surface area contributed by atoms with Gasteiger partial charge < -0.3 is 19.3 Å². The molecule has 2 aromatic heterocycles. The molecule has 232 valence electrons. The second kappa shape index (κ2) is 11.9. The first-order valence-corrected chi connectivity index (χ1v) is 15.6. The van der Waals surface area contributed by atoms with Crippen molar-refractivity contribution >= 4 is 51.7 Å². The molecule has 0 bridgehead atoms. The number of amides is 1. The van der Waals surface area contributed by atoms with E-state index in [1.807, 2.05) is 63.7 Å². The summed E-state index contributed by atoms with van der Waals surface area (Å²) in [6.07, 6.45) is 1.25. The van der Waals surface area contributed by atoms with E-state index in [4.69, 9.17) is 27.9 Å². The summed E-state index contributed by atoms with van der Waals surface area (Å²) in [5.41, 5.74) is 8.67. The van der Waals surface area contributed by atoms with E-state index in [0.717, 1.165) is 60.9 Å². The molecular weight excluding hydrogens is 611 g/mol. The SMILES string of the molecule is Cc1cc(OCCCc2c3n(c4c(-c5c(C)nn(C)c5C)c(Cl)ccc24)CCN(c2cccc(C(=O)O)c2)C3=O)cc(C)c1Cl. The van der Waals surface area contributed by atoms with Crippen molar-refractivity contribution in [3.63, 3.8) is 0 Å². The zero-order valence-electron chi connectivity index (χ0n) is 25.9. The van der Waals surface area contributed by atoms with Gasteiger partial charge in [-0.1, -0.05) is 35.3 Å². The fourth-order valence-electron chi connectivity index (χ4n) is 6.50. The van der Waals surface area contributed by atoms with Crippen LogP contribution in [-0.4, -0.2) is 44.5 Å². The highest BCUT2D eigenvalue weighted by Crippen LogP contribution is 2.43. The first-order chi connectivity index (χ1) is 21.5. The van der Waals surface area contributed by atoms with Crippen LogP contribution in [0.1, 0.15) is 55.3 Å². The number of halogens is 2. The number of ether oxygens (including phenoxy) is 1. The van der Waals surface area contributed by atoms with Crippen LogP contribution in [0.4, 0.5) is 5.69 Å². The largest absolute Gasteiger partial charge is 0.494 e. The molecule has 0 spiro atoms. The highest BCUT2D eigenvalue weighted by Gasteiger charge is 2.34. The molecule has 1 N–H and O–H groups in total. The number of benzene rings is 3. The van der Waals surface area contributed by atoms with Gasteiger partial charge in [0.1, 0.15) is 11.4 Å². The molecule has 8 nitrogen and oxygen atoms in total. The van der Waals surface area contributed by atoms with Gasteiger partial charge in [-0.05, 0) is 93.6 Å². The summed E-state index contributed by atoms with van der Waals surface area (Å²) < 4.78 is 10.1. The zero-order chi connectivity index (χ0) is 32.2. The summed E-state index contributed by atoms with van der Waals surface area (Å²) in [5.74, 6) is -0.458. The second-order valence-corrected chi connectivity index (χ2v) is 12.4. The molecule has 3 aromatic carbocycles. The monoisotopic (exact) mass is 644 g/mol. The van der Waals surface area contributed by atoms with E-state index in [0.29, 0.717) is 48.9 Å². The lowest BCUT2D eigenvalue weighted by atomic mass is 9.98. The lowest BCUT2D eigenvalue weighted by Gasteiger charge is -2.30. The standard InChI is InChI=1S/C35H34Cl2N4O4/c1-19-16-25(17-20(2)31(19)37)45-15-7-10-26-27-11-12-28(36)30(29-21(3)38-39(5)22(29)4)32(27)41-14-13-40(34(42)33(26)41)24-9-6-8-23(18-24)35(43)44/h6,8-9,11-12,16-18H,7,10,13-15H2,1-5H3,(H,43,44). The van der Waals surface area contributed by atoms with Crippen LogP contribution in [0.15, 0.2) is 48.5 Å². The molecule has 0 radical (unpaired) electrons. The molecule has 0 aliphatic carbocycles. The number of nitrogens with zero attached hydrogens (tertiary/aromatic N) is 4. The van der Waals surface area contributed by atoms with Crippen molar-refractivity contribution in [2.24, 2.45) is 7.05 Å². The predicted octanol–water partition coefficient (Wildman–Crippen LogP) is 7.95. The quantitative estimate of drug-likeness (QED) is 0.173. The zero-order valence-corrected chi connectivity index (χ0v) is 27.4. The summed E-state index contributed by atoms with van der Waals surface area (Å²) in [6.45, 7) is 9.25. The third-order valence-corrected chi connectivity index (χ3v) is 9.60. The van der Waals surface area contributed by atoms with Gasteiger partial charge in [-0.25, -0.2) is 4.79 Å². The highest BCUT2D eigenvalue weighted by atomic mass is 35.5. The lowest BCUT2D eigenvalue weighted by molar-refractivity contribution is 0.0696. The maximum atomic E-state index is 14.4. The van der Waals surface area contributed by atoms with Gasteiger partial charge in [0, 0.05) is 53.1 Å². The number of anilines is 1. The van der Waals surface area contributed by atoms with Gasteiger partial charge in [-0.3, -0.25) is 9.48 Å². The van der Waals surface area contributed by atoms with Crippen molar-refractivity contribution in [1.82, 2.24) is 14.3 Å². The molecule has 0 saturated heterocycles. The van der Waals surface area contributed by atoms with E-state index in [1.165, 1.54) is 6.07 Å². The summed E-state index contributed by atoms with van der Waals surface area (Å²) in [5, 5.41) is 16.5. The van der Waals surface area contributed by atoms with Crippen LogP contribution in [0.25, 0.3) is 22.0 Å². The molecule has 3 heterocycles. The van der Waals surface area contributed by atoms with Gasteiger partial charge in [0.05, 0.1) is 28.4 Å². The van der Waals surface area contributed by atoms with Crippen LogP contribution in [-0.2, 0) is 20.0 Å². The van der Waals surface area contributed by atoms with Crippen LogP contribution >= 0.6 is 23.2 Å². The number of carboxylic acids is 1. The number of carbonyl (C=O) groups excluding carboxylic acids is 1. The first-order valence-electron chi connectivity index (χ1n) is 14.9. The number of aryl methyl sites for hydroxylation is 5. The molecule has 0 saturated carbocycles. The lowest BCUT2D eigenvalue weighted by Crippen LogP contribution is -2.40. The van der Waals surface area contributed by atoms with Crippen molar-refractivity contribution < 1.29 is 19.4 Å². The van der Waals surface area contributed by atoms with E-state index in [2.05, 4.69) is 9.67 Å². The van der Waals surface area contributed by atoms with Gasteiger partial charge in [-0.15, -0.1) is 0 Å². The molecule has 1 aliphatic heterocycles. The third-order valence-electron chi connectivity index (χ3n) is 8.69. The average molecular weight is 646 g/mol. The Balaban J connectivity index is 1.45. The summed E-state index contributed by atoms with van der Waals surface area (Å²) in [6, 6.07) is 14.3. The summed E-state index contributed by atoms with van der Waals surface area (Å²) >= 11 is 13.3. The van der Waals surface area contributed by atoms with Gasteiger partial charge in [0.2, 0.25) is 0 Å². The molecule has 1 amide bonds. The normalized spacial score (nSPS) is 13.0. The molecular formula is C35H34Cl2N4O4. The van der Waals surface area contributed by atoms with Crippen LogP contribution in [0.5, 0.6) is 5.75 Å². The highest BCUT2D eigenvalue weighted by molar-refractivity contribution is 6.35. The number of rotatable bonds is 8. The minimum atomic E-state index is -1.04. The number of hydrogen-bond acceptors (Lipinski definition) is 4. The Bertz CT molecular complexity index is 1990. The topological polar surface area (TPSA) is 89.6 Å². The average Bonchev–Trinajstić information content (AvgIpc) is 3.46. The van der Waals surface area contributed by atoms with Crippen molar-refractivity contribution in [2.45, 2.75) is 47.1 Å². The van der Waals surface area contributed by atoms with Crippen LogP contribution < -0.4 is 9.64 Å². The van der Waals surface area contributed by atoms with Crippen LogP contribution in [0.3, 0.4) is 0 Å². The summed E-state index contributed by atoms with van der Waals surface area (Å²) in [4.78, 5) is 27.8. The molecule has 1 aliphatic rings. The number of hydrogen-bond donors (Lipinski definition) is 1. The molecule has 10 heteroatoms. The third kappa shape index (κ3) is 5.36. The minimum absolute atomic E-state index is 0.132. The summed E-state index contributed by atoms with van der Waals surface area (Å²) in [7, 11) is 1.91. The van der Waals surface area contributed by atoms with E-state index in [1.54, 1.807) is 23.1 Å². The second-order valence-electron chi connectivity index (χ2n) is 11.6. The number of aromatic carboxylic acids is 1. The number of carbonyl (C=O) groups is 2. The first kappa shape index (κ1) is 30.7. The number of fused-ring (bicyclic) bond motifs is 3. The van der Waals surface area contributed by atoms with Gasteiger partial charge >= 0.3 is 5.97 Å². The van der Waals surface area contributed by atoms with Gasteiger partial charge in [-0.2, -0.15) is 5.10 Å². The maximum Gasteiger partial charge on any atom is 0.335 e. The van der Waals surface area contributed by atoms with Crippen molar-refractivity contribution in [3.8, 4) is 16.9 Å². The van der Waals surface area contributed by atoms with E-state index >= 15 is 0 Å². The Morgan fingerprint density at radius 3 is 2.40 bits per heavy atom. The number of carboxylic acid groups (broad SMARTS) is 1. The van der Waals surface area contributed by atoms with Crippen LogP contribution in [0.2, 0.25) is 10.0 Å².